The molecule has 2 saturated heterocycles. The minimum Gasteiger partial charge on any atom is -0.295 e. The molecule has 1 spiro atoms. The molecule has 76 valence electrons. The van der Waals surface area contributed by atoms with Crippen LogP contribution in [-0.2, 0) is 9.84 Å². The average molecular weight is 203 g/mol. The molecule has 0 bridgehead atoms. The van der Waals surface area contributed by atoms with Gasteiger partial charge < -0.3 is 0 Å². The van der Waals surface area contributed by atoms with Gasteiger partial charge >= 0.3 is 0 Å². The number of sulfone groups is 1. The number of hydrogen-bond donors (Lipinski definition) is 0. The Kier molecular flexibility index (Phi) is 1.66. The van der Waals surface area contributed by atoms with Gasteiger partial charge in [0, 0.05) is 18.6 Å². The summed E-state index contributed by atoms with van der Waals surface area (Å²) in [7, 11) is -2.72. The largest absolute Gasteiger partial charge is 0.295 e. The summed E-state index contributed by atoms with van der Waals surface area (Å²) in [5.41, 5.74) is 0.121. The smallest absolute Gasteiger partial charge is 0.158 e. The third kappa shape index (κ3) is 1.15. The SMILES string of the molecule is CC(C)(C)N1CC2(CCS2(=O)=O)C1. The lowest BCUT2D eigenvalue weighted by Crippen LogP contribution is -2.74. The summed E-state index contributed by atoms with van der Waals surface area (Å²) in [6.45, 7) is 7.89. The number of rotatable bonds is 0. The molecule has 0 N–H and O–H groups in total. The monoisotopic (exact) mass is 203 g/mol. The minimum absolute atomic E-state index is 0.121. The van der Waals surface area contributed by atoms with Crippen molar-refractivity contribution in [2.45, 2.75) is 37.5 Å². The van der Waals surface area contributed by atoms with Crippen molar-refractivity contribution in [2.75, 3.05) is 18.8 Å². The van der Waals surface area contributed by atoms with Gasteiger partial charge in [0.2, 0.25) is 0 Å². The fourth-order valence-corrected chi connectivity index (χ4v) is 3.86. The fraction of sp³-hybridized carbons (Fsp3) is 1.00. The Morgan fingerprint density at radius 3 is 2.00 bits per heavy atom. The fourth-order valence-electron chi connectivity index (χ4n) is 2.04. The van der Waals surface area contributed by atoms with Crippen molar-refractivity contribution < 1.29 is 8.42 Å². The number of nitrogens with zero attached hydrogens (tertiary/aromatic N) is 1. The molecule has 2 fully saturated rings. The van der Waals surface area contributed by atoms with E-state index < -0.39 is 9.84 Å². The van der Waals surface area contributed by atoms with Crippen LogP contribution in [0.1, 0.15) is 27.2 Å². The van der Waals surface area contributed by atoms with E-state index in [9.17, 15) is 8.42 Å². The molecule has 0 radical (unpaired) electrons. The maximum Gasteiger partial charge on any atom is 0.158 e. The molecule has 3 nitrogen and oxygen atoms in total. The Balaban J connectivity index is 2.07. The summed E-state index contributed by atoms with van der Waals surface area (Å²) in [6, 6.07) is 0. The highest BCUT2D eigenvalue weighted by Crippen LogP contribution is 2.44. The van der Waals surface area contributed by atoms with E-state index in [-0.39, 0.29) is 10.3 Å². The zero-order valence-electron chi connectivity index (χ0n) is 8.50. The maximum atomic E-state index is 11.5. The minimum atomic E-state index is -2.72. The first-order chi connectivity index (χ1) is 5.77. The van der Waals surface area contributed by atoms with Crippen LogP contribution in [0.4, 0.5) is 0 Å². The van der Waals surface area contributed by atoms with Crippen LogP contribution in [0.5, 0.6) is 0 Å². The van der Waals surface area contributed by atoms with E-state index in [1.54, 1.807) is 0 Å². The Morgan fingerprint density at radius 1 is 1.23 bits per heavy atom. The quantitative estimate of drug-likeness (QED) is 0.580. The normalized spacial score (nSPS) is 31.0. The van der Waals surface area contributed by atoms with Crippen molar-refractivity contribution in [1.29, 1.82) is 0 Å². The summed E-state index contributed by atoms with van der Waals surface area (Å²) < 4.78 is 22.6. The first-order valence-corrected chi connectivity index (χ1v) is 6.40. The molecule has 4 heteroatoms. The molecule has 0 saturated carbocycles. The van der Waals surface area contributed by atoms with Gasteiger partial charge in [-0.1, -0.05) is 0 Å². The van der Waals surface area contributed by atoms with Crippen molar-refractivity contribution in [1.82, 2.24) is 4.90 Å². The van der Waals surface area contributed by atoms with Gasteiger partial charge in [0.1, 0.15) is 0 Å². The molecule has 13 heavy (non-hydrogen) atoms. The van der Waals surface area contributed by atoms with Crippen molar-refractivity contribution in [2.24, 2.45) is 0 Å². The highest BCUT2D eigenvalue weighted by atomic mass is 32.2. The van der Waals surface area contributed by atoms with E-state index >= 15 is 0 Å². The van der Waals surface area contributed by atoms with Gasteiger partial charge in [-0.3, -0.25) is 4.90 Å². The molecule has 2 aliphatic rings. The molecule has 0 unspecified atom stereocenters. The van der Waals surface area contributed by atoms with E-state index in [1.165, 1.54) is 0 Å². The molecule has 0 aromatic carbocycles. The van der Waals surface area contributed by atoms with E-state index in [1.807, 2.05) is 0 Å². The molecule has 0 aliphatic carbocycles. The standard InChI is InChI=1S/C9H17NO2S/c1-8(2,3)10-6-9(7-10)4-5-13(9,11)12/h4-7H2,1-3H3. The van der Waals surface area contributed by atoms with Gasteiger partial charge in [-0.05, 0) is 27.2 Å². The van der Waals surface area contributed by atoms with E-state index in [2.05, 4.69) is 25.7 Å². The second-order valence-electron chi connectivity index (χ2n) is 5.28. The topological polar surface area (TPSA) is 37.4 Å². The van der Waals surface area contributed by atoms with Gasteiger partial charge in [-0.2, -0.15) is 0 Å². The molecule has 2 aliphatic heterocycles. The van der Waals surface area contributed by atoms with Crippen LogP contribution in [0.2, 0.25) is 0 Å². The average Bonchev–Trinajstić information content (AvgIpc) is 1.78. The summed E-state index contributed by atoms with van der Waals surface area (Å²) in [5, 5.41) is 0. The third-order valence-corrected chi connectivity index (χ3v) is 5.92. The lowest BCUT2D eigenvalue weighted by molar-refractivity contribution is 0.0205. The zero-order chi connectivity index (χ0) is 9.91. The second-order valence-corrected chi connectivity index (χ2v) is 7.78. The Labute approximate surface area is 80.0 Å². The van der Waals surface area contributed by atoms with Gasteiger partial charge in [0.25, 0.3) is 0 Å². The van der Waals surface area contributed by atoms with E-state index in [0.717, 1.165) is 19.5 Å². The molecule has 2 heterocycles. The summed E-state index contributed by atoms with van der Waals surface area (Å²) >= 11 is 0. The molecule has 0 aromatic heterocycles. The van der Waals surface area contributed by atoms with Crippen LogP contribution in [0, 0.1) is 0 Å². The van der Waals surface area contributed by atoms with Crippen LogP contribution < -0.4 is 0 Å². The van der Waals surface area contributed by atoms with E-state index in [0.29, 0.717) is 5.75 Å². The lowest BCUT2D eigenvalue weighted by atomic mass is 9.89. The van der Waals surface area contributed by atoms with Crippen LogP contribution in [-0.4, -0.2) is 42.4 Å². The van der Waals surface area contributed by atoms with Crippen LogP contribution in [0.3, 0.4) is 0 Å². The van der Waals surface area contributed by atoms with Crippen molar-refractivity contribution in [3.8, 4) is 0 Å². The molecule has 0 aromatic rings. The Hall–Kier alpha value is -0.0900. The van der Waals surface area contributed by atoms with Gasteiger partial charge in [0.05, 0.1) is 10.5 Å². The molecule has 2 rings (SSSR count). The molecule has 0 atom stereocenters. The van der Waals surface area contributed by atoms with Gasteiger partial charge in [-0.25, -0.2) is 8.42 Å². The molecular formula is C9H17NO2S. The van der Waals surface area contributed by atoms with Crippen LogP contribution in [0.15, 0.2) is 0 Å². The predicted octanol–water partition coefficient (Wildman–Crippen LogP) is 0.658. The zero-order valence-corrected chi connectivity index (χ0v) is 9.32. The van der Waals surface area contributed by atoms with Crippen LogP contribution >= 0.6 is 0 Å². The van der Waals surface area contributed by atoms with E-state index in [4.69, 9.17) is 0 Å². The first-order valence-electron chi connectivity index (χ1n) is 4.74. The molecular weight excluding hydrogens is 186 g/mol. The number of hydrogen-bond acceptors (Lipinski definition) is 3. The lowest BCUT2D eigenvalue weighted by Gasteiger charge is -2.58. The molecule has 0 amide bonds. The van der Waals surface area contributed by atoms with Crippen LogP contribution in [0.25, 0.3) is 0 Å². The summed E-state index contributed by atoms with van der Waals surface area (Å²) in [4.78, 5) is 2.24. The maximum absolute atomic E-state index is 11.5. The third-order valence-electron chi connectivity index (χ3n) is 3.39. The first kappa shape index (κ1) is 9.46. The van der Waals surface area contributed by atoms with Crippen molar-refractivity contribution in [3.63, 3.8) is 0 Å². The van der Waals surface area contributed by atoms with Gasteiger partial charge in [0.15, 0.2) is 9.84 Å². The predicted molar refractivity (Wildman–Crippen MR) is 52.5 cm³/mol. The van der Waals surface area contributed by atoms with Crippen molar-refractivity contribution in [3.05, 3.63) is 0 Å². The summed E-state index contributed by atoms with van der Waals surface area (Å²) in [6.07, 6.45) is 0.877. The number of likely N-dealkylation sites (tertiary alicyclic amines) is 1. The highest BCUT2D eigenvalue weighted by molar-refractivity contribution is 7.94. The Morgan fingerprint density at radius 2 is 1.77 bits per heavy atom. The van der Waals surface area contributed by atoms with Gasteiger partial charge in [-0.15, -0.1) is 0 Å². The Bertz CT molecular complexity index is 320. The highest BCUT2D eigenvalue weighted by Gasteiger charge is 2.60. The summed E-state index contributed by atoms with van der Waals surface area (Å²) in [5.74, 6) is 0.408. The van der Waals surface area contributed by atoms with Crippen molar-refractivity contribution >= 4 is 9.84 Å². The second kappa shape index (κ2) is 2.28.